The van der Waals surface area contributed by atoms with Gasteiger partial charge < -0.3 is 14.6 Å². The van der Waals surface area contributed by atoms with Gasteiger partial charge >= 0.3 is 0 Å². The van der Waals surface area contributed by atoms with Crippen molar-refractivity contribution in [1.29, 1.82) is 0 Å². The molecule has 0 heterocycles. The van der Waals surface area contributed by atoms with Crippen molar-refractivity contribution in [3.8, 4) is 5.75 Å². The van der Waals surface area contributed by atoms with Gasteiger partial charge in [0, 0.05) is 10.2 Å². The van der Waals surface area contributed by atoms with Gasteiger partial charge in [0.15, 0.2) is 0 Å². The van der Waals surface area contributed by atoms with Crippen LogP contribution in [-0.2, 0) is 4.74 Å². The third-order valence-corrected chi connectivity index (χ3v) is 3.85. The first-order valence-electron chi connectivity index (χ1n) is 5.79. The Balaban J connectivity index is 2.49. The van der Waals surface area contributed by atoms with Gasteiger partial charge in [-0.25, -0.2) is 0 Å². The van der Waals surface area contributed by atoms with E-state index in [1.807, 2.05) is 32.0 Å². The zero-order valence-electron chi connectivity index (χ0n) is 10.9. The Hall–Kier alpha value is -0.230. The Kier molecular flexibility index (Phi) is 7.07. The van der Waals surface area contributed by atoms with Crippen LogP contribution in [0.15, 0.2) is 27.6 Å². The maximum atomic E-state index is 9.79. The minimum atomic E-state index is -0.471. The van der Waals surface area contributed by atoms with Crippen LogP contribution in [0.4, 0.5) is 0 Å². The van der Waals surface area contributed by atoms with Gasteiger partial charge in [-0.3, -0.25) is 0 Å². The van der Waals surface area contributed by atoms with Crippen LogP contribution < -0.4 is 4.74 Å². The Morgan fingerprint density at radius 1 is 1.39 bits per heavy atom. The average molecular weight is 335 g/mol. The van der Waals surface area contributed by atoms with Gasteiger partial charge in [-0.1, -0.05) is 15.9 Å². The molecule has 0 amide bonds. The van der Waals surface area contributed by atoms with Gasteiger partial charge in [-0.2, -0.15) is 0 Å². The van der Waals surface area contributed by atoms with E-state index in [9.17, 15) is 5.11 Å². The minimum absolute atomic E-state index is 0.144. The van der Waals surface area contributed by atoms with E-state index in [1.54, 1.807) is 18.9 Å². The number of hydrogen-bond acceptors (Lipinski definition) is 4. The van der Waals surface area contributed by atoms with E-state index in [0.717, 1.165) is 15.1 Å². The third kappa shape index (κ3) is 5.61. The first-order valence-corrected chi connectivity index (χ1v) is 7.56. The molecule has 0 radical (unpaired) electrons. The van der Waals surface area contributed by atoms with E-state index in [2.05, 4.69) is 15.9 Å². The molecule has 18 heavy (non-hydrogen) atoms. The van der Waals surface area contributed by atoms with Crippen molar-refractivity contribution in [3.05, 3.63) is 22.7 Å². The van der Waals surface area contributed by atoms with Crippen LogP contribution in [0.1, 0.15) is 13.8 Å². The molecule has 3 nitrogen and oxygen atoms in total. The van der Waals surface area contributed by atoms with Crippen molar-refractivity contribution in [2.24, 2.45) is 0 Å². The number of halogens is 1. The molecule has 0 aliphatic carbocycles. The summed E-state index contributed by atoms with van der Waals surface area (Å²) in [7, 11) is 1.64. The third-order valence-electron chi connectivity index (χ3n) is 2.18. The van der Waals surface area contributed by atoms with E-state index < -0.39 is 6.10 Å². The fourth-order valence-corrected chi connectivity index (χ4v) is 2.79. The molecule has 0 saturated carbocycles. The van der Waals surface area contributed by atoms with Gasteiger partial charge in [0.1, 0.15) is 5.75 Å². The Labute approximate surface area is 121 Å². The van der Waals surface area contributed by atoms with E-state index >= 15 is 0 Å². The molecule has 1 unspecified atom stereocenters. The second kappa shape index (κ2) is 8.04. The van der Waals surface area contributed by atoms with Crippen LogP contribution in [0, 0.1) is 0 Å². The van der Waals surface area contributed by atoms with Crippen molar-refractivity contribution < 1.29 is 14.6 Å². The van der Waals surface area contributed by atoms with Gasteiger partial charge in [-0.15, -0.1) is 11.8 Å². The molecule has 0 bridgehead atoms. The predicted molar refractivity (Wildman–Crippen MR) is 78.5 cm³/mol. The number of aliphatic hydroxyl groups is 1. The van der Waals surface area contributed by atoms with Crippen LogP contribution in [0.2, 0.25) is 0 Å². The van der Waals surface area contributed by atoms with E-state index in [0.29, 0.717) is 12.4 Å². The molecule has 1 rings (SSSR count). The highest BCUT2D eigenvalue weighted by Gasteiger charge is 2.10. The smallest absolute Gasteiger partial charge is 0.132 e. The fourth-order valence-electron chi connectivity index (χ4n) is 1.30. The molecule has 0 saturated heterocycles. The van der Waals surface area contributed by atoms with Crippen LogP contribution >= 0.6 is 27.7 Å². The van der Waals surface area contributed by atoms with Gasteiger partial charge in [-0.05, 0) is 32.0 Å². The number of methoxy groups -OCH3 is 1. The lowest BCUT2D eigenvalue weighted by molar-refractivity contribution is 0.0152. The summed E-state index contributed by atoms with van der Waals surface area (Å²) in [4.78, 5) is 1.01. The summed E-state index contributed by atoms with van der Waals surface area (Å²) in [5.74, 6) is 1.40. The van der Waals surface area contributed by atoms with Gasteiger partial charge in [0.25, 0.3) is 0 Å². The monoisotopic (exact) mass is 334 g/mol. The maximum absolute atomic E-state index is 9.79. The number of ether oxygens (including phenoxy) is 2. The van der Waals surface area contributed by atoms with Gasteiger partial charge in [0.05, 0.1) is 30.8 Å². The van der Waals surface area contributed by atoms with Crippen molar-refractivity contribution in [2.45, 2.75) is 31.0 Å². The molecule has 1 N–H and O–H groups in total. The molecule has 1 aromatic carbocycles. The molecule has 0 aliphatic heterocycles. The Morgan fingerprint density at radius 2 is 2.11 bits per heavy atom. The molecule has 102 valence electrons. The van der Waals surface area contributed by atoms with Crippen LogP contribution in [0.5, 0.6) is 5.75 Å². The number of hydrogen-bond donors (Lipinski definition) is 1. The summed E-state index contributed by atoms with van der Waals surface area (Å²) >= 11 is 4.99. The average Bonchev–Trinajstić information content (AvgIpc) is 2.34. The Bertz CT molecular complexity index is 371. The highest BCUT2D eigenvalue weighted by atomic mass is 79.9. The summed E-state index contributed by atoms with van der Waals surface area (Å²) in [5.41, 5.74) is 0. The number of benzene rings is 1. The second-order valence-electron chi connectivity index (χ2n) is 4.14. The molecule has 0 fully saturated rings. The molecule has 1 atom stereocenters. The molecular weight excluding hydrogens is 316 g/mol. The number of rotatable bonds is 7. The summed E-state index contributed by atoms with van der Waals surface area (Å²) in [6, 6.07) is 5.82. The van der Waals surface area contributed by atoms with Crippen LogP contribution in [-0.4, -0.2) is 36.8 Å². The molecule has 0 aromatic heterocycles. The molecular formula is C13H19BrO3S. The summed E-state index contributed by atoms with van der Waals surface area (Å²) in [6.45, 7) is 4.27. The summed E-state index contributed by atoms with van der Waals surface area (Å²) < 4.78 is 11.6. The molecule has 0 spiro atoms. The lowest BCUT2D eigenvalue weighted by atomic mass is 10.3. The summed E-state index contributed by atoms with van der Waals surface area (Å²) in [5, 5.41) is 9.79. The zero-order chi connectivity index (χ0) is 13.5. The van der Waals surface area contributed by atoms with Crippen molar-refractivity contribution in [2.75, 3.05) is 19.5 Å². The van der Waals surface area contributed by atoms with E-state index in [-0.39, 0.29) is 6.10 Å². The van der Waals surface area contributed by atoms with E-state index in [4.69, 9.17) is 9.47 Å². The summed E-state index contributed by atoms with van der Waals surface area (Å²) in [6.07, 6.45) is -0.328. The highest BCUT2D eigenvalue weighted by Crippen LogP contribution is 2.32. The van der Waals surface area contributed by atoms with E-state index in [1.165, 1.54) is 0 Å². The van der Waals surface area contributed by atoms with Crippen molar-refractivity contribution in [3.63, 3.8) is 0 Å². The first-order chi connectivity index (χ1) is 8.52. The van der Waals surface area contributed by atoms with Crippen molar-refractivity contribution >= 4 is 27.7 Å². The topological polar surface area (TPSA) is 38.7 Å². The van der Waals surface area contributed by atoms with Crippen LogP contribution in [0.3, 0.4) is 0 Å². The van der Waals surface area contributed by atoms with Crippen LogP contribution in [0.25, 0.3) is 0 Å². The molecule has 0 aliphatic rings. The van der Waals surface area contributed by atoms with Crippen molar-refractivity contribution in [1.82, 2.24) is 0 Å². The first kappa shape index (κ1) is 15.8. The zero-order valence-corrected chi connectivity index (χ0v) is 13.3. The molecule has 5 heteroatoms. The maximum Gasteiger partial charge on any atom is 0.132 e. The van der Waals surface area contributed by atoms with Gasteiger partial charge in [0.2, 0.25) is 0 Å². The molecule has 1 aromatic rings. The largest absolute Gasteiger partial charge is 0.496 e. The quantitative estimate of drug-likeness (QED) is 0.776. The highest BCUT2D eigenvalue weighted by molar-refractivity contribution is 9.10. The minimum Gasteiger partial charge on any atom is -0.496 e. The SMILES string of the molecule is COc1ccc(Br)cc1SCC(O)COC(C)C. The standard InChI is InChI=1S/C13H19BrO3S/c1-9(2)17-7-11(15)8-18-13-6-10(14)4-5-12(13)16-3/h4-6,9,11,15H,7-8H2,1-3H3. The lowest BCUT2D eigenvalue weighted by Crippen LogP contribution is -2.20. The Morgan fingerprint density at radius 3 is 2.72 bits per heavy atom. The number of thioether (sulfide) groups is 1. The predicted octanol–water partition coefficient (Wildman–Crippen LogP) is 3.34. The fraction of sp³-hybridized carbons (Fsp3) is 0.538. The lowest BCUT2D eigenvalue weighted by Gasteiger charge is -2.14. The number of aliphatic hydroxyl groups excluding tert-OH is 1. The normalized spacial score (nSPS) is 12.8. The second-order valence-corrected chi connectivity index (χ2v) is 6.12.